The molecule has 0 radical (unpaired) electrons. The molecule has 0 aliphatic rings. The first-order valence-electron chi connectivity index (χ1n) is 8.34. The molecule has 148 valence electrons. The zero-order chi connectivity index (χ0) is 21.0. The number of anilines is 2. The number of amides is 2. The van der Waals surface area contributed by atoms with E-state index < -0.39 is 21.8 Å². The third kappa shape index (κ3) is 5.13. The van der Waals surface area contributed by atoms with E-state index in [0.717, 1.165) is 0 Å². The van der Waals surface area contributed by atoms with Crippen molar-refractivity contribution in [2.45, 2.75) is 4.90 Å². The number of benzene rings is 3. The highest BCUT2D eigenvalue weighted by atomic mass is 35.5. The second-order valence-corrected chi connectivity index (χ2v) is 8.15. The molecule has 2 amide bonds. The van der Waals surface area contributed by atoms with Gasteiger partial charge in [0.25, 0.3) is 15.9 Å². The van der Waals surface area contributed by atoms with Crippen LogP contribution in [0.4, 0.5) is 11.4 Å². The Hall–Kier alpha value is -3.36. The van der Waals surface area contributed by atoms with Crippen LogP contribution in [-0.2, 0) is 10.0 Å². The molecule has 4 N–H and O–H groups in total. The smallest absolute Gasteiger partial charge is 0.261 e. The van der Waals surface area contributed by atoms with Gasteiger partial charge < -0.3 is 11.1 Å². The summed E-state index contributed by atoms with van der Waals surface area (Å²) in [5, 5.41) is 3.15. The first-order chi connectivity index (χ1) is 13.7. The van der Waals surface area contributed by atoms with Crippen molar-refractivity contribution in [2.24, 2.45) is 5.73 Å². The summed E-state index contributed by atoms with van der Waals surface area (Å²) in [5.74, 6) is -0.988. The minimum atomic E-state index is -3.81. The van der Waals surface area contributed by atoms with Gasteiger partial charge in [-0.2, -0.15) is 0 Å². The minimum Gasteiger partial charge on any atom is -0.366 e. The first-order valence-corrected chi connectivity index (χ1v) is 10.2. The summed E-state index contributed by atoms with van der Waals surface area (Å²) < 4.78 is 27.4. The molecule has 29 heavy (non-hydrogen) atoms. The molecule has 0 heterocycles. The quantitative estimate of drug-likeness (QED) is 0.555. The van der Waals surface area contributed by atoms with Gasteiger partial charge in [-0.05, 0) is 72.8 Å². The maximum atomic E-state index is 12.5. The highest BCUT2D eigenvalue weighted by Gasteiger charge is 2.15. The number of hydrogen-bond donors (Lipinski definition) is 3. The van der Waals surface area contributed by atoms with Crippen LogP contribution in [0.1, 0.15) is 20.7 Å². The van der Waals surface area contributed by atoms with Crippen LogP contribution in [0.2, 0.25) is 5.02 Å². The molecule has 0 bridgehead atoms. The van der Waals surface area contributed by atoms with Crippen molar-refractivity contribution in [3.63, 3.8) is 0 Å². The molecule has 0 atom stereocenters. The Balaban J connectivity index is 1.70. The van der Waals surface area contributed by atoms with Gasteiger partial charge in [-0.3, -0.25) is 14.3 Å². The molecular weight excluding hydrogens is 414 g/mol. The van der Waals surface area contributed by atoms with Crippen molar-refractivity contribution >= 4 is 44.8 Å². The predicted octanol–water partition coefficient (Wildman–Crippen LogP) is 3.49. The Morgan fingerprint density at radius 3 is 1.83 bits per heavy atom. The number of nitrogens with two attached hydrogens (primary N) is 1. The second kappa shape index (κ2) is 8.34. The Kier molecular flexibility index (Phi) is 5.86. The van der Waals surface area contributed by atoms with Gasteiger partial charge in [0, 0.05) is 27.5 Å². The van der Waals surface area contributed by atoms with Crippen molar-refractivity contribution in [1.29, 1.82) is 0 Å². The van der Waals surface area contributed by atoms with Crippen molar-refractivity contribution in [3.05, 3.63) is 88.9 Å². The van der Waals surface area contributed by atoms with E-state index >= 15 is 0 Å². The largest absolute Gasteiger partial charge is 0.366 e. The summed E-state index contributed by atoms with van der Waals surface area (Å²) >= 11 is 5.79. The molecule has 0 aliphatic heterocycles. The molecule has 0 aromatic heterocycles. The van der Waals surface area contributed by atoms with Crippen LogP contribution in [-0.4, -0.2) is 20.2 Å². The topological polar surface area (TPSA) is 118 Å². The lowest BCUT2D eigenvalue weighted by Crippen LogP contribution is -2.15. The standard InChI is InChI=1S/C20H16ClN3O4S/c21-15-5-9-17(10-6-15)24-29(27,28)18-11-3-14(4-12-18)20(26)23-16-7-1-13(2-8-16)19(22)25/h1-12,24H,(H2,22,25)(H,23,26). The fraction of sp³-hybridized carbons (Fsp3) is 0. The first kappa shape index (κ1) is 20.4. The third-order valence-electron chi connectivity index (χ3n) is 3.95. The van der Waals surface area contributed by atoms with Crippen LogP contribution < -0.4 is 15.8 Å². The van der Waals surface area contributed by atoms with Gasteiger partial charge in [0.05, 0.1) is 4.90 Å². The highest BCUT2D eigenvalue weighted by molar-refractivity contribution is 7.92. The van der Waals surface area contributed by atoms with Crippen LogP contribution in [0.3, 0.4) is 0 Å². The summed E-state index contributed by atoms with van der Waals surface area (Å²) in [6.07, 6.45) is 0. The van der Waals surface area contributed by atoms with Crippen molar-refractivity contribution < 1.29 is 18.0 Å². The molecule has 0 unspecified atom stereocenters. The Morgan fingerprint density at radius 1 is 0.759 bits per heavy atom. The van der Waals surface area contributed by atoms with Crippen LogP contribution in [0.25, 0.3) is 0 Å². The van der Waals surface area contributed by atoms with E-state index in [-0.39, 0.29) is 10.5 Å². The lowest BCUT2D eigenvalue weighted by atomic mass is 10.2. The van der Waals surface area contributed by atoms with Gasteiger partial charge in [-0.25, -0.2) is 8.42 Å². The summed E-state index contributed by atoms with van der Waals surface area (Å²) in [6, 6.07) is 17.8. The average molecular weight is 430 g/mol. The van der Waals surface area contributed by atoms with Gasteiger partial charge in [0.1, 0.15) is 0 Å². The zero-order valence-corrected chi connectivity index (χ0v) is 16.5. The molecule has 0 fully saturated rings. The van der Waals surface area contributed by atoms with Crippen LogP contribution in [0.5, 0.6) is 0 Å². The normalized spacial score (nSPS) is 10.9. The lowest BCUT2D eigenvalue weighted by Gasteiger charge is -2.09. The lowest BCUT2D eigenvalue weighted by molar-refractivity contribution is 0.0998. The molecule has 7 nitrogen and oxygen atoms in total. The fourth-order valence-corrected chi connectivity index (χ4v) is 3.62. The molecule has 3 aromatic rings. The van der Waals surface area contributed by atoms with Gasteiger partial charge in [0.15, 0.2) is 0 Å². The predicted molar refractivity (Wildman–Crippen MR) is 112 cm³/mol. The monoisotopic (exact) mass is 429 g/mol. The van der Waals surface area contributed by atoms with Gasteiger partial charge >= 0.3 is 0 Å². The molecule has 0 aliphatic carbocycles. The number of carbonyl (C=O) groups is 2. The molecule has 3 rings (SSSR count). The molecule has 3 aromatic carbocycles. The Bertz CT molecular complexity index is 1140. The molecular formula is C20H16ClN3O4S. The number of carbonyl (C=O) groups excluding carboxylic acids is 2. The summed E-state index contributed by atoms with van der Waals surface area (Å²) in [5.41, 5.74) is 6.62. The summed E-state index contributed by atoms with van der Waals surface area (Å²) in [4.78, 5) is 23.4. The van der Waals surface area contributed by atoms with E-state index in [1.807, 2.05) is 0 Å². The average Bonchev–Trinajstić information content (AvgIpc) is 2.70. The van der Waals surface area contributed by atoms with Crippen LogP contribution >= 0.6 is 11.6 Å². The number of sulfonamides is 1. The second-order valence-electron chi connectivity index (χ2n) is 6.03. The van der Waals surface area contributed by atoms with E-state index in [4.69, 9.17) is 17.3 Å². The number of hydrogen-bond acceptors (Lipinski definition) is 4. The number of halogens is 1. The summed E-state index contributed by atoms with van der Waals surface area (Å²) in [7, 11) is -3.81. The van der Waals surface area contributed by atoms with E-state index in [1.165, 1.54) is 36.4 Å². The van der Waals surface area contributed by atoms with Crippen molar-refractivity contribution in [3.8, 4) is 0 Å². The zero-order valence-electron chi connectivity index (χ0n) is 14.9. The third-order valence-corrected chi connectivity index (χ3v) is 5.60. The Labute approximate surface area is 172 Å². The molecule has 0 saturated heterocycles. The molecule has 0 spiro atoms. The number of rotatable bonds is 6. The maximum Gasteiger partial charge on any atom is 0.261 e. The van der Waals surface area contributed by atoms with Gasteiger partial charge in [-0.1, -0.05) is 11.6 Å². The number of nitrogens with one attached hydrogen (secondary N) is 2. The van der Waals surface area contributed by atoms with Gasteiger partial charge in [0.2, 0.25) is 5.91 Å². The maximum absolute atomic E-state index is 12.5. The Morgan fingerprint density at radius 2 is 1.28 bits per heavy atom. The van der Waals surface area contributed by atoms with E-state index in [1.54, 1.807) is 36.4 Å². The highest BCUT2D eigenvalue weighted by Crippen LogP contribution is 2.19. The van der Waals surface area contributed by atoms with E-state index in [0.29, 0.717) is 22.0 Å². The fourth-order valence-electron chi connectivity index (χ4n) is 2.44. The van der Waals surface area contributed by atoms with E-state index in [2.05, 4.69) is 10.0 Å². The van der Waals surface area contributed by atoms with Gasteiger partial charge in [-0.15, -0.1) is 0 Å². The van der Waals surface area contributed by atoms with E-state index in [9.17, 15) is 18.0 Å². The van der Waals surface area contributed by atoms with Crippen LogP contribution in [0, 0.1) is 0 Å². The van der Waals surface area contributed by atoms with Crippen LogP contribution in [0.15, 0.2) is 77.7 Å². The SMILES string of the molecule is NC(=O)c1ccc(NC(=O)c2ccc(S(=O)(=O)Nc3ccc(Cl)cc3)cc2)cc1. The van der Waals surface area contributed by atoms with Crippen molar-refractivity contribution in [2.75, 3.05) is 10.0 Å². The molecule has 0 saturated carbocycles. The minimum absolute atomic E-state index is 0.00908. The summed E-state index contributed by atoms with van der Waals surface area (Å²) in [6.45, 7) is 0. The van der Waals surface area contributed by atoms with Crippen molar-refractivity contribution in [1.82, 2.24) is 0 Å². The number of primary amides is 1. The molecule has 9 heteroatoms.